The number of ether oxygens (including phenoxy) is 2. The van der Waals surface area contributed by atoms with Gasteiger partial charge in [0.05, 0.1) is 14.2 Å². The Labute approximate surface area is 157 Å². The second-order valence-electron chi connectivity index (χ2n) is 5.57. The van der Waals surface area contributed by atoms with Crippen LogP contribution < -0.4 is 14.4 Å². The maximum absolute atomic E-state index is 14.5. The third kappa shape index (κ3) is 3.39. The molecule has 0 aliphatic carbocycles. The third-order valence-electron chi connectivity index (χ3n) is 4.09. The molecule has 0 spiro atoms. The molecule has 0 N–H and O–H groups in total. The van der Waals surface area contributed by atoms with Crippen molar-refractivity contribution in [2.75, 3.05) is 25.7 Å². The van der Waals surface area contributed by atoms with E-state index in [9.17, 15) is 13.6 Å². The number of aromatic nitrogens is 1. The summed E-state index contributed by atoms with van der Waals surface area (Å²) in [6.07, 6.45) is 0.0809. The highest BCUT2D eigenvalue weighted by Crippen LogP contribution is 2.37. The topological polar surface area (TPSA) is 51.7 Å². The van der Waals surface area contributed by atoms with Gasteiger partial charge in [-0.05, 0) is 34.7 Å². The molecule has 0 radical (unpaired) electrons. The Morgan fingerprint density at radius 1 is 1.20 bits per heavy atom. The Morgan fingerprint density at radius 2 is 1.96 bits per heavy atom. The minimum Gasteiger partial charge on any atom is -0.497 e. The van der Waals surface area contributed by atoms with Gasteiger partial charge in [0.2, 0.25) is 11.8 Å². The number of rotatable bonds is 4. The summed E-state index contributed by atoms with van der Waals surface area (Å²) in [7, 11) is 2.87. The molecule has 1 aromatic carbocycles. The van der Waals surface area contributed by atoms with Crippen molar-refractivity contribution in [3.05, 3.63) is 45.0 Å². The van der Waals surface area contributed by atoms with Crippen LogP contribution in [0.3, 0.4) is 0 Å². The zero-order chi connectivity index (χ0) is 18.1. The summed E-state index contributed by atoms with van der Waals surface area (Å²) in [4.78, 5) is 17.6. The van der Waals surface area contributed by atoms with Crippen molar-refractivity contribution in [2.45, 2.75) is 12.3 Å². The fraction of sp³-hybridized carbons (Fsp3) is 0.294. The van der Waals surface area contributed by atoms with Crippen molar-refractivity contribution in [1.29, 1.82) is 0 Å². The normalized spacial score (nSPS) is 17.1. The van der Waals surface area contributed by atoms with Crippen LogP contribution in [0, 0.1) is 15.2 Å². The fourth-order valence-electron chi connectivity index (χ4n) is 2.89. The smallest absolute Gasteiger partial charge is 0.228 e. The number of anilines is 1. The first kappa shape index (κ1) is 17.8. The van der Waals surface area contributed by atoms with Crippen LogP contribution >= 0.6 is 22.6 Å². The second-order valence-corrected chi connectivity index (χ2v) is 6.73. The van der Waals surface area contributed by atoms with Gasteiger partial charge in [-0.3, -0.25) is 9.69 Å². The summed E-state index contributed by atoms with van der Waals surface area (Å²) in [5.74, 6) is -1.25. The lowest BCUT2D eigenvalue weighted by Crippen LogP contribution is -2.26. The van der Waals surface area contributed by atoms with Crippen molar-refractivity contribution in [3.8, 4) is 11.6 Å². The number of nitrogens with zero attached hydrogens (tertiary/aromatic N) is 2. The molecule has 1 aliphatic rings. The van der Waals surface area contributed by atoms with E-state index in [1.807, 2.05) is 22.6 Å². The average Bonchev–Trinajstić information content (AvgIpc) is 2.95. The monoisotopic (exact) mass is 460 g/mol. The predicted molar refractivity (Wildman–Crippen MR) is 96.1 cm³/mol. The largest absolute Gasteiger partial charge is 0.497 e. The molecular weight excluding hydrogens is 445 g/mol. The first-order valence-corrected chi connectivity index (χ1v) is 8.56. The average molecular weight is 460 g/mol. The molecule has 1 atom stereocenters. The van der Waals surface area contributed by atoms with Gasteiger partial charge in [-0.1, -0.05) is 0 Å². The van der Waals surface area contributed by atoms with Crippen molar-refractivity contribution in [2.24, 2.45) is 0 Å². The van der Waals surface area contributed by atoms with E-state index in [1.165, 1.54) is 37.3 Å². The summed E-state index contributed by atoms with van der Waals surface area (Å²) in [5.41, 5.74) is 0.431. The van der Waals surface area contributed by atoms with Gasteiger partial charge in [0.25, 0.3) is 0 Å². The van der Waals surface area contributed by atoms with Crippen LogP contribution in [0.5, 0.6) is 11.6 Å². The first-order chi connectivity index (χ1) is 11.9. The summed E-state index contributed by atoms with van der Waals surface area (Å²) in [5, 5.41) is 0. The summed E-state index contributed by atoms with van der Waals surface area (Å²) >= 11 is 2.01. The van der Waals surface area contributed by atoms with Crippen LogP contribution in [0.1, 0.15) is 17.9 Å². The highest BCUT2D eigenvalue weighted by atomic mass is 127. The Bertz CT molecular complexity index is 809. The van der Waals surface area contributed by atoms with E-state index in [1.54, 1.807) is 6.07 Å². The molecule has 0 bridgehead atoms. The minimum atomic E-state index is -0.625. The molecule has 1 fully saturated rings. The number of hydrogen-bond donors (Lipinski definition) is 0. The van der Waals surface area contributed by atoms with Gasteiger partial charge in [0.1, 0.15) is 11.6 Å². The van der Waals surface area contributed by atoms with Gasteiger partial charge in [-0.15, -0.1) is 0 Å². The molecule has 0 saturated carbocycles. The van der Waals surface area contributed by atoms with E-state index in [-0.39, 0.29) is 30.6 Å². The molecule has 0 unspecified atom stereocenters. The van der Waals surface area contributed by atoms with E-state index < -0.39 is 17.6 Å². The van der Waals surface area contributed by atoms with Crippen molar-refractivity contribution in [3.63, 3.8) is 0 Å². The summed E-state index contributed by atoms with van der Waals surface area (Å²) < 4.78 is 39.3. The number of pyridine rings is 1. The molecule has 2 aromatic rings. The standard InChI is InChI=1S/C17H15F2IN2O3/c1-24-10-6-12(19)16(13(20)7-10)9-5-15(23)22(8-9)17-11(18)3-4-14(21-17)25-2/h3-4,6-7,9H,5,8H2,1-2H3/t9-/m0/s1. The molecule has 5 nitrogen and oxygen atoms in total. The van der Waals surface area contributed by atoms with Gasteiger partial charge >= 0.3 is 0 Å². The quantitative estimate of drug-likeness (QED) is 0.656. The first-order valence-electron chi connectivity index (χ1n) is 7.48. The van der Waals surface area contributed by atoms with Crippen molar-refractivity contribution in [1.82, 2.24) is 4.98 Å². The summed E-state index contributed by atoms with van der Waals surface area (Å²) in [6.45, 7) is 0.148. The van der Waals surface area contributed by atoms with Crippen molar-refractivity contribution >= 4 is 34.3 Å². The van der Waals surface area contributed by atoms with Gasteiger partial charge in [0.15, 0.2) is 11.6 Å². The lowest BCUT2D eigenvalue weighted by atomic mass is 9.97. The molecule has 25 heavy (non-hydrogen) atoms. The van der Waals surface area contributed by atoms with Crippen LogP contribution in [0.4, 0.5) is 14.6 Å². The second kappa shape index (κ2) is 7.11. The maximum Gasteiger partial charge on any atom is 0.228 e. The number of carbonyl (C=O) groups excluding carboxylic acids is 1. The molecule has 1 saturated heterocycles. The van der Waals surface area contributed by atoms with Crippen LogP contribution in [-0.2, 0) is 4.79 Å². The molecule has 2 heterocycles. The van der Waals surface area contributed by atoms with E-state index in [2.05, 4.69) is 4.98 Å². The molecule has 3 rings (SSSR count). The molecular formula is C17H15F2IN2O3. The van der Waals surface area contributed by atoms with E-state index in [4.69, 9.17) is 9.47 Å². The predicted octanol–water partition coefficient (Wildman–Crippen LogP) is 3.50. The Balaban J connectivity index is 1.94. The number of amides is 1. The van der Waals surface area contributed by atoms with Crippen LogP contribution in [-0.4, -0.2) is 31.7 Å². The number of carbonyl (C=O) groups is 1. The van der Waals surface area contributed by atoms with Gasteiger partial charge < -0.3 is 9.47 Å². The summed E-state index contributed by atoms with van der Waals surface area (Å²) in [6, 6.07) is 5.56. The number of benzene rings is 1. The van der Waals surface area contributed by atoms with E-state index >= 15 is 0 Å². The SMILES string of the molecule is COc1cc(F)c([C@H]2CC(=O)N(c3nc(OC)ccc3F)C2)c(I)c1. The Morgan fingerprint density at radius 3 is 2.60 bits per heavy atom. The Kier molecular flexibility index (Phi) is 5.07. The van der Waals surface area contributed by atoms with Gasteiger partial charge in [-0.25, -0.2) is 8.78 Å². The number of halogens is 3. The van der Waals surface area contributed by atoms with Crippen molar-refractivity contribution < 1.29 is 23.0 Å². The lowest BCUT2D eigenvalue weighted by Gasteiger charge is -2.18. The fourth-order valence-corrected chi connectivity index (χ4v) is 3.90. The molecule has 8 heteroatoms. The third-order valence-corrected chi connectivity index (χ3v) is 4.98. The van der Waals surface area contributed by atoms with Crippen LogP contribution in [0.2, 0.25) is 0 Å². The maximum atomic E-state index is 14.5. The number of hydrogen-bond acceptors (Lipinski definition) is 4. The highest BCUT2D eigenvalue weighted by Gasteiger charge is 2.36. The van der Waals surface area contributed by atoms with Crippen LogP contribution in [0.25, 0.3) is 0 Å². The van der Waals surface area contributed by atoms with Crippen LogP contribution in [0.15, 0.2) is 24.3 Å². The van der Waals surface area contributed by atoms with E-state index in [0.717, 1.165) is 0 Å². The molecule has 1 aliphatic heterocycles. The van der Waals surface area contributed by atoms with Gasteiger partial charge in [0, 0.05) is 40.1 Å². The van der Waals surface area contributed by atoms with Gasteiger partial charge in [-0.2, -0.15) is 4.98 Å². The molecule has 1 amide bonds. The molecule has 1 aromatic heterocycles. The minimum absolute atomic E-state index is 0.0809. The van der Waals surface area contributed by atoms with E-state index in [0.29, 0.717) is 14.9 Å². The highest BCUT2D eigenvalue weighted by molar-refractivity contribution is 14.1. The zero-order valence-electron chi connectivity index (χ0n) is 13.6. The number of methoxy groups -OCH3 is 2. The Hall–Kier alpha value is -1.97. The zero-order valence-corrected chi connectivity index (χ0v) is 15.7. The lowest BCUT2D eigenvalue weighted by molar-refractivity contribution is -0.117. The molecule has 132 valence electrons.